The molecular formula is C21H35N3O6. The normalized spacial score (nSPS) is 20.9. The van der Waals surface area contributed by atoms with Gasteiger partial charge in [-0.2, -0.15) is 0 Å². The Hall–Kier alpha value is -2.32. The van der Waals surface area contributed by atoms with E-state index in [0.29, 0.717) is 0 Å². The van der Waals surface area contributed by atoms with Crippen molar-refractivity contribution in [3.63, 3.8) is 0 Å². The van der Waals surface area contributed by atoms with E-state index in [-0.39, 0.29) is 12.6 Å². The lowest BCUT2D eigenvalue weighted by atomic mass is 9.94. The average molecular weight is 426 g/mol. The molecule has 9 nitrogen and oxygen atoms in total. The molecule has 1 heterocycles. The summed E-state index contributed by atoms with van der Waals surface area (Å²) in [4.78, 5) is 53.1. The monoisotopic (exact) mass is 425 g/mol. The molecule has 0 radical (unpaired) electrons. The van der Waals surface area contributed by atoms with Gasteiger partial charge in [0.1, 0.15) is 17.7 Å². The van der Waals surface area contributed by atoms with Crippen LogP contribution in [0.3, 0.4) is 0 Å². The van der Waals surface area contributed by atoms with Gasteiger partial charge in [0.05, 0.1) is 6.54 Å². The molecule has 0 bridgehead atoms. The van der Waals surface area contributed by atoms with Crippen LogP contribution in [0.15, 0.2) is 0 Å². The topological polar surface area (TPSA) is 105 Å². The van der Waals surface area contributed by atoms with Crippen molar-refractivity contribution in [1.29, 1.82) is 0 Å². The molecule has 1 atom stereocenters. The molecule has 1 saturated carbocycles. The number of hydrogen-bond donors (Lipinski definition) is 1. The Morgan fingerprint density at radius 3 is 2.07 bits per heavy atom. The van der Waals surface area contributed by atoms with Crippen molar-refractivity contribution in [3.8, 4) is 0 Å². The maximum Gasteiger partial charge on any atom is 0.408 e. The van der Waals surface area contributed by atoms with Gasteiger partial charge in [-0.3, -0.25) is 4.79 Å². The summed E-state index contributed by atoms with van der Waals surface area (Å²) in [7, 11) is 0. The molecule has 0 aromatic rings. The number of amides is 4. The Kier molecular flexibility index (Phi) is 7.36. The SMILES string of the molecule is CC(C)(C)OC(=O)NCC(=O)N1C(=O)N(C2CCCCC2)C[C@H]1C(=O)OC(C)(C)C. The second kappa shape index (κ2) is 9.22. The van der Waals surface area contributed by atoms with Crippen molar-refractivity contribution in [1.82, 2.24) is 15.1 Å². The number of nitrogens with one attached hydrogen (secondary N) is 1. The summed E-state index contributed by atoms with van der Waals surface area (Å²) in [6.45, 7) is 9.98. The highest BCUT2D eigenvalue weighted by Crippen LogP contribution is 2.29. The Labute approximate surface area is 178 Å². The van der Waals surface area contributed by atoms with E-state index < -0.39 is 47.8 Å². The van der Waals surface area contributed by atoms with E-state index in [1.807, 2.05) is 0 Å². The van der Waals surface area contributed by atoms with Crippen LogP contribution in [0.1, 0.15) is 73.6 Å². The molecule has 9 heteroatoms. The highest BCUT2D eigenvalue weighted by atomic mass is 16.6. The first-order valence-corrected chi connectivity index (χ1v) is 10.6. The van der Waals surface area contributed by atoms with Crippen LogP contribution < -0.4 is 5.32 Å². The number of ether oxygens (including phenoxy) is 2. The minimum absolute atomic E-state index is 0.00722. The van der Waals surface area contributed by atoms with Gasteiger partial charge in [0.25, 0.3) is 5.91 Å². The molecule has 0 unspecified atom stereocenters. The van der Waals surface area contributed by atoms with E-state index in [4.69, 9.17) is 9.47 Å². The summed E-state index contributed by atoms with van der Waals surface area (Å²) in [5, 5.41) is 2.36. The van der Waals surface area contributed by atoms with Crippen LogP contribution in [0.4, 0.5) is 9.59 Å². The molecule has 30 heavy (non-hydrogen) atoms. The molecule has 2 rings (SSSR count). The zero-order valence-electron chi connectivity index (χ0n) is 18.9. The van der Waals surface area contributed by atoms with Gasteiger partial charge >= 0.3 is 18.1 Å². The Morgan fingerprint density at radius 1 is 0.967 bits per heavy atom. The highest BCUT2D eigenvalue weighted by Gasteiger charge is 2.48. The van der Waals surface area contributed by atoms with Crippen molar-refractivity contribution in [2.45, 2.75) is 96.9 Å². The van der Waals surface area contributed by atoms with E-state index in [1.54, 1.807) is 46.4 Å². The first kappa shape index (κ1) is 24.0. The maximum atomic E-state index is 13.1. The first-order valence-electron chi connectivity index (χ1n) is 10.6. The van der Waals surface area contributed by atoms with Crippen LogP contribution in [0, 0.1) is 0 Å². The van der Waals surface area contributed by atoms with Crippen LogP contribution in [0.25, 0.3) is 0 Å². The summed E-state index contributed by atoms with van der Waals surface area (Å²) in [5.74, 6) is -1.29. The Balaban J connectivity index is 2.14. The lowest BCUT2D eigenvalue weighted by Crippen LogP contribution is -2.50. The van der Waals surface area contributed by atoms with E-state index in [9.17, 15) is 19.2 Å². The highest BCUT2D eigenvalue weighted by molar-refractivity contribution is 6.02. The number of alkyl carbamates (subject to hydrolysis) is 1. The molecule has 1 aliphatic heterocycles. The standard InChI is InChI=1S/C21H35N3O6/c1-20(2,3)29-17(26)15-13-23(14-10-8-7-9-11-14)19(28)24(15)16(25)12-22-18(27)30-21(4,5)6/h14-15H,7-13H2,1-6H3,(H,22,27)/t15-/m0/s1. The van der Waals surface area contributed by atoms with E-state index in [2.05, 4.69) is 5.32 Å². The predicted molar refractivity (Wildman–Crippen MR) is 110 cm³/mol. The number of esters is 1. The lowest BCUT2D eigenvalue weighted by Gasteiger charge is -2.30. The lowest BCUT2D eigenvalue weighted by molar-refractivity contribution is -0.161. The second-order valence-corrected chi connectivity index (χ2v) is 9.90. The summed E-state index contributed by atoms with van der Waals surface area (Å²) >= 11 is 0. The third kappa shape index (κ3) is 6.60. The fraction of sp³-hybridized carbons (Fsp3) is 0.810. The van der Waals surface area contributed by atoms with E-state index in [0.717, 1.165) is 37.0 Å². The van der Waals surface area contributed by atoms with Gasteiger partial charge in [-0.05, 0) is 54.4 Å². The number of urea groups is 1. The molecule has 0 spiro atoms. The summed E-state index contributed by atoms with van der Waals surface area (Å²) in [5.41, 5.74) is -1.46. The van der Waals surface area contributed by atoms with Crippen molar-refractivity contribution < 1.29 is 28.7 Å². The summed E-state index contributed by atoms with van der Waals surface area (Å²) in [6.07, 6.45) is 4.09. The van der Waals surface area contributed by atoms with Crippen molar-refractivity contribution >= 4 is 24.0 Å². The Morgan fingerprint density at radius 2 is 1.53 bits per heavy atom. The molecule has 1 saturated heterocycles. The maximum absolute atomic E-state index is 13.1. The van der Waals surface area contributed by atoms with Crippen LogP contribution in [-0.2, 0) is 19.1 Å². The number of nitrogens with zero attached hydrogens (tertiary/aromatic N) is 2. The van der Waals surface area contributed by atoms with Gasteiger partial charge in [-0.15, -0.1) is 0 Å². The van der Waals surface area contributed by atoms with Crippen LogP contribution >= 0.6 is 0 Å². The minimum atomic E-state index is -1.04. The molecule has 2 aliphatic rings. The summed E-state index contributed by atoms with van der Waals surface area (Å²) in [6, 6.07) is -1.53. The number of carbonyl (C=O) groups is 4. The van der Waals surface area contributed by atoms with Gasteiger partial charge in [0.2, 0.25) is 0 Å². The zero-order chi connectivity index (χ0) is 22.7. The second-order valence-electron chi connectivity index (χ2n) is 9.90. The quantitative estimate of drug-likeness (QED) is 0.695. The summed E-state index contributed by atoms with van der Waals surface area (Å²) < 4.78 is 10.6. The third-order valence-electron chi connectivity index (χ3n) is 4.88. The molecule has 1 aliphatic carbocycles. The molecule has 0 aromatic heterocycles. The van der Waals surface area contributed by atoms with Crippen molar-refractivity contribution in [2.24, 2.45) is 0 Å². The van der Waals surface area contributed by atoms with Crippen LogP contribution in [0.2, 0.25) is 0 Å². The fourth-order valence-corrected chi connectivity index (χ4v) is 3.69. The van der Waals surface area contributed by atoms with Crippen molar-refractivity contribution in [3.05, 3.63) is 0 Å². The predicted octanol–water partition coefficient (Wildman–Crippen LogP) is 2.82. The third-order valence-corrected chi connectivity index (χ3v) is 4.88. The van der Waals surface area contributed by atoms with Gasteiger partial charge in [-0.1, -0.05) is 19.3 Å². The van der Waals surface area contributed by atoms with Gasteiger partial charge in [-0.25, -0.2) is 19.3 Å². The molecule has 170 valence electrons. The fourth-order valence-electron chi connectivity index (χ4n) is 3.69. The van der Waals surface area contributed by atoms with Gasteiger partial charge in [0.15, 0.2) is 6.04 Å². The zero-order valence-corrected chi connectivity index (χ0v) is 18.9. The van der Waals surface area contributed by atoms with E-state index in [1.165, 1.54) is 0 Å². The number of carbonyl (C=O) groups excluding carboxylic acids is 4. The average Bonchev–Trinajstić information content (AvgIpc) is 2.95. The molecule has 0 aromatic carbocycles. The first-order chi connectivity index (χ1) is 13.8. The van der Waals surface area contributed by atoms with E-state index >= 15 is 0 Å². The number of rotatable bonds is 4. The number of imide groups is 1. The van der Waals surface area contributed by atoms with Gasteiger partial charge < -0.3 is 19.7 Å². The Bertz CT molecular complexity index is 673. The van der Waals surface area contributed by atoms with Crippen molar-refractivity contribution in [2.75, 3.05) is 13.1 Å². The van der Waals surface area contributed by atoms with Gasteiger partial charge in [0, 0.05) is 6.04 Å². The number of hydrogen-bond acceptors (Lipinski definition) is 6. The molecule has 4 amide bonds. The van der Waals surface area contributed by atoms with Crippen LogP contribution in [-0.4, -0.2) is 70.2 Å². The largest absolute Gasteiger partial charge is 0.458 e. The molecular weight excluding hydrogens is 390 g/mol. The van der Waals surface area contributed by atoms with Crippen LogP contribution in [0.5, 0.6) is 0 Å². The minimum Gasteiger partial charge on any atom is -0.458 e. The smallest absolute Gasteiger partial charge is 0.408 e. The molecule has 2 fully saturated rings. The molecule has 1 N–H and O–H groups in total.